The highest BCUT2D eigenvalue weighted by Gasteiger charge is 2.15. The molecule has 0 aliphatic carbocycles. The zero-order valence-electron chi connectivity index (χ0n) is 9.81. The minimum absolute atomic E-state index is 0.248. The van der Waals surface area contributed by atoms with Crippen molar-refractivity contribution in [1.29, 1.82) is 0 Å². The Hall–Kier alpha value is -1.04. The molecule has 0 aliphatic rings. The van der Waals surface area contributed by atoms with Crippen LogP contribution in [0.4, 0.5) is 0 Å². The minimum atomic E-state index is -0.248. The number of ether oxygens (including phenoxy) is 1. The van der Waals surface area contributed by atoms with Gasteiger partial charge in [0.15, 0.2) is 0 Å². The van der Waals surface area contributed by atoms with Gasteiger partial charge in [-0.3, -0.25) is 4.68 Å². The van der Waals surface area contributed by atoms with Crippen LogP contribution in [0, 0.1) is 0 Å². The molecule has 0 fully saturated rings. The molecule has 2 rings (SSSR count). The highest BCUT2D eigenvalue weighted by Crippen LogP contribution is 2.22. The first-order chi connectivity index (χ1) is 8.58. The molecule has 1 unspecified atom stereocenters. The van der Waals surface area contributed by atoms with Gasteiger partial charge in [-0.1, -0.05) is 11.6 Å². The molecule has 18 heavy (non-hydrogen) atoms. The zero-order chi connectivity index (χ0) is 13.1. The highest BCUT2D eigenvalue weighted by molar-refractivity contribution is 9.10. The van der Waals surface area contributed by atoms with Crippen molar-refractivity contribution in [2.75, 3.05) is 6.61 Å². The lowest BCUT2D eigenvalue weighted by Crippen LogP contribution is -2.22. The summed E-state index contributed by atoms with van der Waals surface area (Å²) in [7, 11) is 1.85. The molecule has 0 spiro atoms. The summed E-state index contributed by atoms with van der Waals surface area (Å²) in [4.78, 5) is 0. The molecule has 1 aromatic carbocycles. The van der Waals surface area contributed by atoms with Gasteiger partial charge in [0.2, 0.25) is 0 Å². The third kappa shape index (κ3) is 3.04. The fraction of sp³-hybridized carbons (Fsp3) is 0.250. The zero-order valence-corrected chi connectivity index (χ0v) is 12.1. The lowest BCUT2D eigenvalue weighted by Gasteiger charge is -2.14. The molecule has 2 aromatic rings. The number of halogens is 2. The van der Waals surface area contributed by atoms with Gasteiger partial charge in [-0.15, -0.1) is 0 Å². The maximum atomic E-state index is 6.08. The van der Waals surface area contributed by atoms with Crippen LogP contribution in [-0.4, -0.2) is 16.4 Å². The van der Waals surface area contributed by atoms with Crippen LogP contribution in [0.1, 0.15) is 11.7 Å². The third-order valence-corrected chi connectivity index (χ3v) is 3.39. The summed E-state index contributed by atoms with van der Waals surface area (Å²) in [6.45, 7) is 0.375. The van der Waals surface area contributed by atoms with Crippen molar-refractivity contribution < 1.29 is 4.74 Å². The number of rotatable bonds is 4. The molecule has 0 saturated carbocycles. The van der Waals surface area contributed by atoms with E-state index in [2.05, 4.69) is 21.0 Å². The predicted molar refractivity (Wildman–Crippen MR) is 74.8 cm³/mol. The molecule has 2 N–H and O–H groups in total. The maximum absolute atomic E-state index is 6.08. The summed E-state index contributed by atoms with van der Waals surface area (Å²) in [6.07, 6.45) is 1.72. The Kier molecular flexibility index (Phi) is 4.27. The topological polar surface area (TPSA) is 53.1 Å². The lowest BCUT2D eigenvalue weighted by molar-refractivity contribution is 0.285. The molecule has 0 bridgehead atoms. The molecular formula is C12H13BrClN3O. The summed E-state index contributed by atoms with van der Waals surface area (Å²) in [5, 5.41) is 4.80. The van der Waals surface area contributed by atoms with Gasteiger partial charge in [0.1, 0.15) is 12.4 Å². The van der Waals surface area contributed by atoms with E-state index in [4.69, 9.17) is 22.1 Å². The van der Waals surface area contributed by atoms with Crippen LogP contribution in [-0.2, 0) is 7.05 Å². The van der Waals surface area contributed by atoms with Crippen LogP contribution in [0.25, 0.3) is 0 Å². The van der Waals surface area contributed by atoms with Gasteiger partial charge < -0.3 is 10.5 Å². The van der Waals surface area contributed by atoms with Gasteiger partial charge in [0, 0.05) is 12.1 Å². The molecule has 0 amide bonds. The quantitative estimate of drug-likeness (QED) is 0.938. The van der Waals surface area contributed by atoms with Crippen molar-refractivity contribution in [3.8, 4) is 5.75 Å². The molecule has 1 heterocycles. The Labute approximate surface area is 119 Å². The summed E-state index contributed by atoms with van der Waals surface area (Å²) >= 11 is 9.22. The number of hydrogen-bond acceptors (Lipinski definition) is 3. The monoisotopic (exact) mass is 329 g/mol. The number of benzene rings is 1. The second-order valence-electron chi connectivity index (χ2n) is 3.87. The Morgan fingerprint density at radius 3 is 2.67 bits per heavy atom. The number of nitrogens with zero attached hydrogens (tertiary/aromatic N) is 2. The molecule has 1 aromatic heterocycles. The Morgan fingerprint density at radius 1 is 1.44 bits per heavy atom. The predicted octanol–water partition coefficient (Wildman–Crippen LogP) is 2.91. The third-order valence-electron chi connectivity index (χ3n) is 2.53. The van der Waals surface area contributed by atoms with E-state index >= 15 is 0 Å². The van der Waals surface area contributed by atoms with Gasteiger partial charge in [-0.05, 0) is 40.2 Å². The van der Waals surface area contributed by atoms with Crippen molar-refractivity contribution in [2.24, 2.45) is 12.8 Å². The average Bonchev–Trinajstić information content (AvgIpc) is 2.68. The molecule has 0 saturated heterocycles. The first kappa shape index (κ1) is 13.4. The second-order valence-corrected chi connectivity index (χ2v) is 5.16. The number of hydrogen-bond donors (Lipinski definition) is 1. The SMILES string of the molecule is Cn1ncc(Br)c1C(N)COc1ccc(Cl)cc1. The summed E-state index contributed by atoms with van der Waals surface area (Å²) in [5.74, 6) is 0.744. The van der Waals surface area contributed by atoms with E-state index in [1.54, 1.807) is 23.0 Å². The molecule has 4 nitrogen and oxygen atoms in total. The summed E-state index contributed by atoms with van der Waals surface area (Å²) < 4.78 is 8.23. The van der Waals surface area contributed by atoms with Gasteiger partial charge in [0.05, 0.1) is 22.4 Å². The van der Waals surface area contributed by atoms with Crippen molar-refractivity contribution in [2.45, 2.75) is 6.04 Å². The standard InChI is InChI=1S/C12H13BrClN3O/c1-17-12(10(13)6-16-17)11(15)7-18-9-4-2-8(14)3-5-9/h2-6,11H,7,15H2,1H3. The summed E-state index contributed by atoms with van der Waals surface area (Å²) in [5.41, 5.74) is 6.98. The Morgan fingerprint density at radius 2 is 2.11 bits per heavy atom. The van der Waals surface area contributed by atoms with Crippen molar-refractivity contribution in [1.82, 2.24) is 9.78 Å². The maximum Gasteiger partial charge on any atom is 0.119 e. The molecule has 0 radical (unpaired) electrons. The van der Waals surface area contributed by atoms with Crippen LogP contribution in [0.3, 0.4) is 0 Å². The fourth-order valence-corrected chi connectivity index (χ4v) is 2.40. The smallest absolute Gasteiger partial charge is 0.119 e. The first-order valence-corrected chi connectivity index (χ1v) is 6.56. The minimum Gasteiger partial charge on any atom is -0.492 e. The van der Waals surface area contributed by atoms with Crippen LogP contribution in [0.15, 0.2) is 34.9 Å². The van der Waals surface area contributed by atoms with E-state index in [0.29, 0.717) is 11.6 Å². The molecule has 6 heteroatoms. The largest absolute Gasteiger partial charge is 0.492 e. The normalized spacial score (nSPS) is 12.4. The van der Waals surface area contributed by atoms with E-state index in [1.807, 2.05) is 19.2 Å². The van der Waals surface area contributed by atoms with Crippen LogP contribution in [0.2, 0.25) is 5.02 Å². The molecular weight excluding hydrogens is 318 g/mol. The van der Waals surface area contributed by atoms with Gasteiger partial charge in [-0.25, -0.2) is 0 Å². The van der Waals surface area contributed by atoms with Gasteiger partial charge in [-0.2, -0.15) is 5.10 Å². The van der Waals surface area contributed by atoms with Gasteiger partial charge >= 0.3 is 0 Å². The molecule has 96 valence electrons. The van der Waals surface area contributed by atoms with Crippen molar-refractivity contribution in [3.63, 3.8) is 0 Å². The number of nitrogens with two attached hydrogens (primary N) is 1. The summed E-state index contributed by atoms with van der Waals surface area (Å²) in [6, 6.07) is 6.94. The first-order valence-electron chi connectivity index (χ1n) is 5.39. The molecule has 1 atom stereocenters. The molecule has 0 aliphatic heterocycles. The van der Waals surface area contributed by atoms with Crippen LogP contribution in [0.5, 0.6) is 5.75 Å². The fourth-order valence-electron chi connectivity index (χ4n) is 1.63. The van der Waals surface area contributed by atoms with E-state index in [9.17, 15) is 0 Å². The van der Waals surface area contributed by atoms with Crippen molar-refractivity contribution >= 4 is 27.5 Å². The Balaban J connectivity index is 2.00. The highest BCUT2D eigenvalue weighted by atomic mass is 79.9. The van der Waals surface area contributed by atoms with Crippen LogP contribution >= 0.6 is 27.5 Å². The van der Waals surface area contributed by atoms with E-state index in [0.717, 1.165) is 15.9 Å². The van der Waals surface area contributed by atoms with Crippen molar-refractivity contribution in [3.05, 3.63) is 45.7 Å². The van der Waals surface area contributed by atoms with E-state index in [-0.39, 0.29) is 6.04 Å². The van der Waals surface area contributed by atoms with Crippen LogP contribution < -0.4 is 10.5 Å². The number of aryl methyl sites for hydroxylation is 1. The van der Waals surface area contributed by atoms with E-state index < -0.39 is 0 Å². The second kappa shape index (κ2) is 5.73. The van der Waals surface area contributed by atoms with Gasteiger partial charge in [0.25, 0.3) is 0 Å². The average molecular weight is 331 g/mol. The number of aromatic nitrogens is 2. The lowest BCUT2D eigenvalue weighted by atomic mass is 10.2. The Bertz CT molecular complexity index is 507. The van der Waals surface area contributed by atoms with E-state index in [1.165, 1.54) is 0 Å².